The number of aromatic carboxylic acids is 1. The molecule has 1 heterocycles. The van der Waals surface area contributed by atoms with Crippen molar-refractivity contribution < 1.29 is 18.3 Å². The minimum Gasteiger partial charge on any atom is -0.478 e. The molecule has 0 amide bonds. The lowest BCUT2D eigenvalue weighted by Crippen LogP contribution is -2.23. The number of sulfonamides is 1. The molecule has 0 aliphatic heterocycles. The van der Waals surface area contributed by atoms with Gasteiger partial charge in [0.05, 0.1) is 21.3 Å². The maximum Gasteiger partial charge on any atom is 0.335 e. The second-order valence-corrected chi connectivity index (χ2v) is 8.40. The number of pyridine rings is 1. The lowest BCUT2D eigenvalue weighted by molar-refractivity contribution is 0.0696. The fraction of sp³-hybridized carbons (Fsp3) is 0.238. The lowest BCUT2D eigenvalue weighted by atomic mass is 10.1. The Morgan fingerprint density at radius 1 is 1.14 bits per heavy atom. The number of unbranched alkanes of at least 4 members (excludes halogenated alkanes) is 1. The molecule has 0 saturated heterocycles. The molecule has 2 aromatic carbocycles. The minimum absolute atomic E-state index is 0.0167. The zero-order valence-electron chi connectivity index (χ0n) is 16.3. The van der Waals surface area contributed by atoms with E-state index in [0.717, 1.165) is 35.9 Å². The molecule has 0 fully saturated rings. The van der Waals surface area contributed by atoms with Crippen LogP contribution in [0.1, 0.15) is 35.8 Å². The summed E-state index contributed by atoms with van der Waals surface area (Å²) < 4.78 is 27.3. The van der Waals surface area contributed by atoms with Gasteiger partial charge in [-0.05, 0) is 49.2 Å². The Kier molecular flexibility index (Phi) is 6.03. The van der Waals surface area contributed by atoms with Gasteiger partial charge < -0.3 is 9.67 Å². The van der Waals surface area contributed by atoms with Crippen LogP contribution in [-0.4, -0.2) is 24.1 Å². The molecule has 0 atom stereocenters. The predicted octanol–water partition coefficient (Wildman–Crippen LogP) is 3.01. The van der Waals surface area contributed by atoms with Gasteiger partial charge in [-0.3, -0.25) is 0 Å². The van der Waals surface area contributed by atoms with E-state index < -0.39 is 16.0 Å². The van der Waals surface area contributed by atoms with Gasteiger partial charge in [0.15, 0.2) is 0 Å². The molecule has 0 saturated carbocycles. The van der Waals surface area contributed by atoms with E-state index in [2.05, 4.69) is 21.4 Å². The molecule has 0 radical (unpaired) electrons. The fourth-order valence-electron chi connectivity index (χ4n) is 3.10. The first-order valence-electron chi connectivity index (χ1n) is 9.30. The second kappa shape index (κ2) is 8.48. The first kappa shape index (κ1) is 20.6. The van der Waals surface area contributed by atoms with Gasteiger partial charge in [-0.2, -0.15) is 18.4 Å². The Morgan fingerprint density at radius 2 is 1.83 bits per heavy atom. The average Bonchev–Trinajstić information content (AvgIpc) is 2.72. The molecule has 3 rings (SSSR count). The quantitative estimate of drug-likeness (QED) is 0.582. The molecule has 1 aromatic heterocycles. The van der Waals surface area contributed by atoms with E-state index in [1.54, 1.807) is 0 Å². The Balaban J connectivity index is 2.03. The number of para-hydroxylation sites is 1. The van der Waals surface area contributed by atoms with Gasteiger partial charge in [-0.25, -0.2) is 4.79 Å². The molecule has 29 heavy (non-hydrogen) atoms. The van der Waals surface area contributed by atoms with Gasteiger partial charge in [0.1, 0.15) is 0 Å². The maximum absolute atomic E-state index is 12.6. The van der Waals surface area contributed by atoms with Crippen LogP contribution < -0.4 is 10.2 Å². The number of rotatable bonds is 7. The van der Waals surface area contributed by atoms with Crippen molar-refractivity contribution in [1.82, 2.24) is 9.40 Å². The summed E-state index contributed by atoms with van der Waals surface area (Å²) in [7, 11) is -1.93. The number of carbonyl (C=O) groups is 1. The van der Waals surface area contributed by atoms with Gasteiger partial charge in [0.25, 0.3) is 10.0 Å². The number of carboxylic acids is 1. The molecular weight excluding hydrogens is 390 g/mol. The summed E-state index contributed by atoms with van der Waals surface area (Å²) in [5.74, 6) is -1.12. The van der Waals surface area contributed by atoms with Crippen LogP contribution in [0.3, 0.4) is 0 Å². The predicted molar refractivity (Wildman–Crippen MR) is 111 cm³/mol. The van der Waals surface area contributed by atoms with Crippen LogP contribution in [-0.2, 0) is 23.5 Å². The van der Waals surface area contributed by atoms with Crippen LogP contribution in [0, 0.1) is 0 Å². The summed E-state index contributed by atoms with van der Waals surface area (Å²) >= 11 is 0. The van der Waals surface area contributed by atoms with Crippen molar-refractivity contribution >= 4 is 26.9 Å². The van der Waals surface area contributed by atoms with E-state index in [9.17, 15) is 13.2 Å². The normalized spacial score (nSPS) is 12.3. The molecule has 152 valence electrons. The molecule has 2 N–H and O–H groups in total. The van der Waals surface area contributed by atoms with Gasteiger partial charge in [-0.1, -0.05) is 31.5 Å². The van der Waals surface area contributed by atoms with Crippen LogP contribution in [0.5, 0.6) is 0 Å². The molecular formula is C21H23N3O4S. The maximum atomic E-state index is 12.6. The highest BCUT2D eigenvalue weighted by atomic mass is 32.2. The monoisotopic (exact) mass is 413 g/mol. The van der Waals surface area contributed by atoms with Gasteiger partial charge in [0.2, 0.25) is 0 Å². The Hall–Kier alpha value is -3.13. The van der Waals surface area contributed by atoms with E-state index in [1.807, 2.05) is 37.4 Å². The highest BCUT2D eigenvalue weighted by molar-refractivity contribution is 7.89. The summed E-state index contributed by atoms with van der Waals surface area (Å²) in [5.41, 5.74) is 2.04. The molecule has 0 unspecified atom stereocenters. The number of hydrogen-bond acceptors (Lipinski definition) is 4. The number of aryl methyl sites for hydroxylation is 2. The second-order valence-electron chi connectivity index (χ2n) is 6.74. The van der Waals surface area contributed by atoms with Crippen LogP contribution in [0.25, 0.3) is 10.9 Å². The number of carboxylic acid groups (broad SMARTS) is 1. The minimum atomic E-state index is -3.93. The Morgan fingerprint density at radius 3 is 2.48 bits per heavy atom. The van der Waals surface area contributed by atoms with Crippen molar-refractivity contribution in [3.8, 4) is 0 Å². The summed E-state index contributed by atoms with van der Waals surface area (Å²) in [4.78, 5) is 13.2. The summed E-state index contributed by atoms with van der Waals surface area (Å²) in [6, 6.07) is 14.6. The van der Waals surface area contributed by atoms with Crippen molar-refractivity contribution in [2.75, 3.05) is 0 Å². The molecule has 0 aliphatic rings. The SMILES string of the molecule is CCCCc1cc(=NNS(=O)(=O)c2ccc(C(=O)O)cc2)c2ccccc2n1C. The topological polar surface area (TPSA) is 101 Å². The number of benzene rings is 2. The lowest BCUT2D eigenvalue weighted by Gasteiger charge is -2.13. The number of fused-ring (bicyclic) bond motifs is 1. The largest absolute Gasteiger partial charge is 0.478 e. The third-order valence-corrected chi connectivity index (χ3v) is 5.98. The van der Waals surface area contributed by atoms with E-state index in [1.165, 1.54) is 24.3 Å². The number of aromatic nitrogens is 1. The van der Waals surface area contributed by atoms with Crippen LogP contribution >= 0.6 is 0 Å². The number of hydrogen-bond donors (Lipinski definition) is 2. The van der Waals surface area contributed by atoms with E-state index in [-0.39, 0.29) is 10.5 Å². The van der Waals surface area contributed by atoms with Crippen molar-refractivity contribution in [3.63, 3.8) is 0 Å². The number of nitrogens with one attached hydrogen (secondary N) is 1. The average molecular weight is 413 g/mol. The summed E-state index contributed by atoms with van der Waals surface area (Å²) in [6.07, 6.45) is 2.94. The zero-order chi connectivity index (χ0) is 21.0. The summed E-state index contributed by atoms with van der Waals surface area (Å²) in [6.45, 7) is 2.12. The molecule has 3 aromatic rings. The highest BCUT2D eigenvalue weighted by Crippen LogP contribution is 2.14. The van der Waals surface area contributed by atoms with E-state index in [4.69, 9.17) is 5.11 Å². The molecule has 0 bridgehead atoms. The van der Waals surface area contributed by atoms with Gasteiger partial charge in [-0.15, -0.1) is 0 Å². The first-order chi connectivity index (χ1) is 13.8. The van der Waals surface area contributed by atoms with Crippen LogP contribution in [0.2, 0.25) is 0 Å². The van der Waals surface area contributed by atoms with Crippen molar-refractivity contribution in [1.29, 1.82) is 0 Å². The standard InChI is InChI=1S/C21H23N3O4S/c1-3-4-7-16-14-19(18-8-5-6-9-20(18)24(16)2)22-23-29(27,28)17-12-10-15(11-13-17)21(25)26/h5-6,8-14,23H,3-4,7H2,1-2H3,(H,25,26). The van der Waals surface area contributed by atoms with Crippen LogP contribution in [0.4, 0.5) is 0 Å². The molecule has 0 aliphatic carbocycles. The third-order valence-electron chi connectivity index (χ3n) is 4.76. The molecule has 7 nitrogen and oxygen atoms in total. The molecule has 8 heteroatoms. The van der Waals surface area contributed by atoms with Crippen LogP contribution in [0.15, 0.2) is 64.6 Å². The van der Waals surface area contributed by atoms with E-state index >= 15 is 0 Å². The third kappa shape index (κ3) is 4.48. The van der Waals surface area contributed by atoms with Crippen molar-refractivity contribution in [2.45, 2.75) is 31.1 Å². The van der Waals surface area contributed by atoms with Crippen molar-refractivity contribution in [3.05, 3.63) is 71.2 Å². The molecule has 0 spiro atoms. The first-order valence-corrected chi connectivity index (χ1v) is 10.8. The Bertz CT molecular complexity index is 1210. The highest BCUT2D eigenvalue weighted by Gasteiger charge is 2.14. The Labute approximate surface area is 169 Å². The van der Waals surface area contributed by atoms with E-state index in [0.29, 0.717) is 5.36 Å². The van der Waals surface area contributed by atoms with Gasteiger partial charge in [0, 0.05) is 18.1 Å². The summed E-state index contributed by atoms with van der Waals surface area (Å²) in [5, 5.41) is 14.5. The fourth-order valence-corrected chi connectivity index (χ4v) is 3.92. The van der Waals surface area contributed by atoms with Crippen molar-refractivity contribution in [2.24, 2.45) is 12.1 Å². The zero-order valence-corrected chi connectivity index (χ0v) is 17.1. The van der Waals surface area contributed by atoms with Gasteiger partial charge >= 0.3 is 5.97 Å². The smallest absolute Gasteiger partial charge is 0.335 e. The number of nitrogens with zero attached hydrogens (tertiary/aromatic N) is 2.